The maximum Gasteiger partial charge on any atom is 0.188 e. The van der Waals surface area contributed by atoms with Crippen LogP contribution in [0.25, 0.3) is 0 Å². The molecule has 0 aliphatic heterocycles. The second kappa shape index (κ2) is 8.25. The Balaban J connectivity index is 2.44. The van der Waals surface area contributed by atoms with Gasteiger partial charge in [0.05, 0.1) is 0 Å². The third-order valence-corrected chi connectivity index (χ3v) is 2.43. The number of aliphatic hydroxyl groups is 1. The van der Waals surface area contributed by atoms with E-state index in [0.29, 0.717) is 25.5 Å². The molecular weight excluding hydrogens is 228 g/mol. The highest BCUT2D eigenvalue weighted by Crippen LogP contribution is 2.06. The van der Waals surface area contributed by atoms with Crippen molar-refractivity contribution in [2.75, 3.05) is 19.7 Å². The summed E-state index contributed by atoms with van der Waals surface area (Å²) in [5.74, 6) is 0.401. The zero-order chi connectivity index (χ0) is 13.2. The van der Waals surface area contributed by atoms with Crippen molar-refractivity contribution in [1.29, 1.82) is 0 Å². The van der Waals surface area contributed by atoms with Crippen molar-refractivity contribution in [3.05, 3.63) is 42.7 Å². The van der Waals surface area contributed by atoms with Gasteiger partial charge in [-0.15, -0.1) is 6.58 Å². The number of aromatic nitrogens is 1. The summed E-state index contributed by atoms with van der Waals surface area (Å²) in [4.78, 5) is 8.40. The van der Waals surface area contributed by atoms with Crippen molar-refractivity contribution in [2.45, 2.75) is 6.42 Å². The quantitative estimate of drug-likeness (QED) is 0.369. The van der Waals surface area contributed by atoms with E-state index >= 15 is 0 Å². The Labute approximate surface area is 107 Å². The van der Waals surface area contributed by atoms with E-state index < -0.39 is 0 Å². The average Bonchev–Trinajstić information content (AvgIpc) is 2.42. The molecule has 1 aromatic rings. The first-order valence-corrected chi connectivity index (χ1v) is 5.91. The van der Waals surface area contributed by atoms with Crippen LogP contribution in [0.2, 0.25) is 0 Å². The molecule has 0 aromatic carbocycles. The van der Waals surface area contributed by atoms with E-state index in [4.69, 9.17) is 5.73 Å². The lowest BCUT2D eigenvalue weighted by molar-refractivity contribution is 0.229. The van der Waals surface area contributed by atoms with Crippen LogP contribution in [0.5, 0.6) is 0 Å². The fourth-order valence-corrected chi connectivity index (χ4v) is 1.46. The van der Waals surface area contributed by atoms with Crippen LogP contribution in [0.4, 0.5) is 0 Å². The van der Waals surface area contributed by atoms with Gasteiger partial charge in [-0.1, -0.05) is 12.1 Å². The molecule has 0 aliphatic rings. The lowest BCUT2D eigenvalue weighted by Gasteiger charge is -2.11. The van der Waals surface area contributed by atoms with Crippen LogP contribution in [0.1, 0.15) is 5.69 Å². The molecule has 1 aromatic heterocycles. The van der Waals surface area contributed by atoms with Crippen LogP contribution in [0.15, 0.2) is 42.0 Å². The van der Waals surface area contributed by atoms with E-state index in [0.717, 1.165) is 5.69 Å². The van der Waals surface area contributed by atoms with Gasteiger partial charge in [-0.3, -0.25) is 9.98 Å². The number of aliphatic hydroxyl groups excluding tert-OH is 1. The highest BCUT2D eigenvalue weighted by Gasteiger charge is 2.08. The van der Waals surface area contributed by atoms with Gasteiger partial charge in [0.1, 0.15) is 0 Å². The van der Waals surface area contributed by atoms with Crippen molar-refractivity contribution in [3.63, 3.8) is 0 Å². The molecule has 98 valence electrons. The molecule has 1 atom stereocenters. The Morgan fingerprint density at radius 2 is 2.44 bits per heavy atom. The van der Waals surface area contributed by atoms with E-state index in [1.54, 1.807) is 12.3 Å². The number of nitrogens with two attached hydrogens (primary N) is 1. The summed E-state index contributed by atoms with van der Waals surface area (Å²) in [6.07, 6.45) is 4.14. The molecule has 0 bridgehead atoms. The van der Waals surface area contributed by atoms with E-state index in [1.165, 1.54) is 0 Å². The van der Waals surface area contributed by atoms with Crippen LogP contribution in [-0.4, -0.2) is 35.7 Å². The monoisotopic (exact) mass is 248 g/mol. The van der Waals surface area contributed by atoms with Gasteiger partial charge in [0, 0.05) is 37.5 Å². The maximum atomic E-state index is 9.30. The topological polar surface area (TPSA) is 83.5 Å². The Bertz CT molecular complexity index is 378. The van der Waals surface area contributed by atoms with Crippen LogP contribution in [0.3, 0.4) is 0 Å². The molecule has 4 N–H and O–H groups in total. The second-order valence-corrected chi connectivity index (χ2v) is 3.97. The molecule has 0 spiro atoms. The Morgan fingerprint density at radius 3 is 3.06 bits per heavy atom. The zero-order valence-electron chi connectivity index (χ0n) is 10.4. The number of aliphatic imine (C=N–C) groups is 1. The first-order chi connectivity index (χ1) is 8.76. The van der Waals surface area contributed by atoms with Crippen LogP contribution in [0, 0.1) is 5.92 Å². The number of nitrogens with zero attached hydrogens (tertiary/aromatic N) is 2. The van der Waals surface area contributed by atoms with Crippen molar-refractivity contribution in [3.8, 4) is 0 Å². The Hall–Kier alpha value is -1.88. The van der Waals surface area contributed by atoms with Crippen LogP contribution < -0.4 is 11.1 Å². The highest BCUT2D eigenvalue weighted by atomic mass is 16.3. The van der Waals surface area contributed by atoms with Crippen molar-refractivity contribution >= 4 is 5.96 Å². The normalized spacial score (nSPS) is 13.1. The van der Waals surface area contributed by atoms with Gasteiger partial charge in [0.2, 0.25) is 0 Å². The standard InChI is InChI=1S/C13H20N4O/c1-2-6-16-13(14)17-9-11(10-18)8-12-5-3-4-7-15-12/h2-5,7,11,18H,1,6,8-10H2,(H3,14,16,17). The SMILES string of the molecule is C=CCNC(N)=NCC(CO)Cc1ccccn1. The second-order valence-electron chi connectivity index (χ2n) is 3.97. The number of hydrogen-bond donors (Lipinski definition) is 3. The minimum absolute atomic E-state index is 0.0315. The molecule has 5 heteroatoms. The molecule has 0 radical (unpaired) electrons. The molecule has 0 saturated heterocycles. The number of hydrogen-bond acceptors (Lipinski definition) is 3. The van der Waals surface area contributed by atoms with Gasteiger partial charge >= 0.3 is 0 Å². The zero-order valence-corrected chi connectivity index (χ0v) is 10.4. The molecule has 0 saturated carbocycles. The molecule has 1 unspecified atom stereocenters. The molecule has 0 fully saturated rings. The smallest absolute Gasteiger partial charge is 0.188 e. The summed E-state index contributed by atoms with van der Waals surface area (Å²) in [7, 11) is 0. The minimum Gasteiger partial charge on any atom is -0.396 e. The molecular formula is C13H20N4O. The van der Waals surface area contributed by atoms with Crippen LogP contribution >= 0.6 is 0 Å². The summed E-state index contributed by atoms with van der Waals surface area (Å²) in [6, 6.07) is 5.73. The van der Waals surface area contributed by atoms with Gasteiger partial charge in [-0.05, 0) is 18.6 Å². The predicted molar refractivity (Wildman–Crippen MR) is 73.2 cm³/mol. The van der Waals surface area contributed by atoms with Gasteiger partial charge in [0.15, 0.2) is 5.96 Å². The molecule has 18 heavy (non-hydrogen) atoms. The Kier molecular flexibility index (Phi) is 6.50. The van der Waals surface area contributed by atoms with Crippen molar-refractivity contribution in [1.82, 2.24) is 10.3 Å². The third-order valence-electron chi connectivity index (χ3n) is 2.43. The van der Waals surface area contributed by atoms with E-state index in [-0.39, 0.29) is 12.5 Å². The van der Waals surface area contributed by atoms with E-state index in [2.05, 4.69) is 21.9 Å². The van der Waals surface area contributed by atoms with E-state index in [1.807, 2.05) is 18.2 Å². The molecule has 1 heterocycles. The predicted octanol–water partition coefficient (Wildman–Crippen LogP) is 0.323. The van der Waals surface area contributed by atoms with Gasteiger partial charge in [-0.25, -0.2) is 0 Å². The van der Waals surface area contributed by atoms with Gasteiger partial charge < -0.3 is 16.2 Å². The first-order valence-electron chi connectivity index (χ1n) is 5.91. The summed E-state index contributed by atoms with van der Waals surface area (Å²) in [5, 5.41) is 12.2. The first kappa shape index (κ1) is 14.2. The molecule has 1 rings (SSSR count). The maximum absolute atomic E-state index is 9.30. The van der Waals surface area contributed by atoms with E-state index in [9.17, 15) is 5.11 Å². The molecule has 0 amide bonds. The highest BCUT2D eigenvalue weighted by molar-refractivity contribution is 5.77. The Morgan fingerprint density at radius 1 is 1.61 bits per heavy atom. The molecule has 5 nitrogen and oxygen atoms in total. The average molecular weight is 248 g/mol. The number of pyridine rings is 1. The fourth-order valence-electron chi connectivity index (χ4n) is 1.46. The van der Waals surface area contributed by atoms with Gasteiger partial charge in [-0.2, -0.15) is 0 Å². The van der Waals surface area contributed by atoms with Gasteiger partial charge in [0.25, 0.3) is 0 Å². The largest absolute Gasteiger partial charge is 0.396 e. The lowest BCUT2D eigenvalue weighted by Crippen LogP contribution is -2.32. The summed E-state index contributed by atoms with van der Waals surface area (Å²) < 4.78 is 0. The van der Waals surface area contributed by atoms with Crippen molar-refractivity contribution in [2.24, 2.45) is 16.6 Å². The summed E-state index contributed by atoms with van der Waals surface area (Å²) in [5.41, 5.74) is 6.60. The molecule has 0 aliphatic carbocycles. The van der Waals surface area contributed by atoms with Crippen molar-refractivity contribution < 1.29 is 5.11 Å². The number of guanidine groups is 1. The number of rotatable bonds is 7. The summed E-state index contributed by atoms with van der Waals surface area (Å²) in [6.45, 7) is 4.70. The number of nitrogens with one attached hydrogen (secondary N) is 1. The third kappa shape index (κ3) is 5.45. The minimum atomic E-state index is 0.0315. The summed E-state index contributed by atoms with van der Waals surface area (Å²) >= 11 is 0. The lowest BCUT2D eigenvalue weighted by atomic mass is 10.0. The fraction of sp³-hybridized carbons (Fsp3) is 0.385. The van der Waals surface area contributed by atoms with Crippen LogP contribution in [-0.2, 0) is 6.42 Å².